The van der Waals surface area contributed by atoms with Crippen LogP contribution in [0.1, 0.15) is 37.2 Å². The quantitative estimate of drug-likeness (QED) is 0.560. The van der Waals surface area contributed by atoms with Crippen molar-refractivity contribution >= 4 is 20.9 Å². The third-order valence-corrected chi connectivity index (χ3v) is 9.43. The van der Waals surface area contributed by atoms with Crippen LogP contribution in [0.3, 0.4) is 0 Å². The summed E-state index contributed by atoms with van der Waals surface area (Å²) in [4.78, 5) is 13.2. The fraction of sp³-hybridized carbons (Fsp3) is 0.519. The van der Waals surface area contributed by atoms with E-state index in [2.05, 4.69) is 19.8 Å². The molecular weight excluding hydrogens is 479 g/mol. The molecule has 3 saturated heterocycles. The molecule has 0 bridgehead atoms. The van der Waals surface area contributed by atoms with Gasteiger partial charge in [-0.3, -0.25) is 4.90 Å². The third-order valence-electron chi connectivity index (χ3n) is 8.30. The molecule has 0 radical (unpaired) electrons. The van der Waals surface area contributed by atoms with E-state index in [1.54, 1.807) is 24.3 Å². The first kappa shape index (κ1) is 24.0. The Balaban J connectivity index is 1.12. The predicted molar refractivity (Wildman–Crippen MR) is 137 cm³/mol. The van der Waals surface area contributed by atoms with Gasteiger partial charge in [0.05, 0.1) is 29.7 Å². The van der Waals surface area contributed by atoms with E-state index >= 15 is 4.39 Å². The van der Waals surface area contributed by atoms with Crippen molar-refractivity contribution in [1.29, 1.82) is 0 Å². The second kappa shape index (κ2) is 9.52. The Kier molecular flexibility index (Phi) is 6.35. The number of hydrogen-bond acceptors (Lipinski definition) is 6. The fourth-order valence-electron chi connectivity index (χ4n) is 6.00. The predicted octanol–water partition coefficient (Wildman–Crippen LogP) is 3.82. The molecule has 36 heavy (non-hydrogen) atoms. The third kappa shape index (κ3) is 4.58. The number of sulfone groups is 1. The molecule has 4 heterocycles. The van der Waals surface area contributed by atoms with Crippen LogP contribution in [0.15, 0.2) is 41.3 Å². The molecule has 0 unspecified atom stereocenters. The molecule has 1 N–H and O–H groups in total. The van der Waals surface area contributed by atoms with Crippen molar-refractivity contribution in [2.75, 3.05) is 45.6 Å². The van der Waals surface area contributed by atoms with Crippen molar-refractivity contribution in [2.45, 2.75) is 48.6 Å². The molecule has 0 atom stereocenters. The Morgan fingerprint density at radius 3 is 2.17 bits per heavy atom. The van der Waals surface area contributed by atoms with Gasteiger partial charge in [-0.15, -0.1) is 0 Å². The lowest BCUT2D eigenvalue weighted by Crippen LogP contribution is -2.55. The van der Waals surface area contributed by atoms with E-state index < -0.39 is 9.84 Å². The summed E-state index contributed by atoms with van der Waals surface area (Å²) in [6.07, 6.45) is 5.53. The fourth-order valence-corrected chi connectivity index (χ4v) is 6.63. The highest BCUT2D eigenvalue weighted by molar-refractivity contribution is 7.90. The minimum Gasteiger partial charge on any atom is -0.378 e. The van der Waals surface area contributed by atoms with Gasteiger partial charge in [0.2, 0.25) is 0 Å². The molecule has 1 aromatic heterocycles. The van der Waals surface area contributed by atoms with Crippen LogP contribution in [0.5, 0.6) is 0 Å². The van der Waals surface area contributed by atoms with Crippen molar-refractivity contribution < 1.29 is 17.5 Å². The zero-order valence-electron chi connectivity index (χ0n) is 20.6. The Bertz CT molecular complexity index is 1340. The Morgan fingerprint density at radius 1 is 0.917 bits per heavy atom. The zero-order chi connectivity index (χ0) is 24.9. The van der Waals surface area contributed by atoms with E-state index in [0.717, 1.165) is 63.4 Å². The van der Waals surface area contributed by atoms with Crippen LogP contribution in [0, 0.1) is 5.82 Å². The first-order valence-electron chi connectivity index (χ1n) is 12.9. The number of piperidine rings is 2. The maximum absolute atomic E-state index is 15.6. The number of hydrogen-bond donors (Lipinski definition) is 1. The van der Waals surface area contributed by atoms with Gasteiger partial charge >= 0.3 is 0 Å². The van der Waals surface area contributed by atoms with E-state index in [-0.39, 0.29) is 16.6 Å². The smallest absolute Gasteiger partial charge is 0.175 e. The largest absolute Gasteiger partial charge is 0.378 e. The highest BCUT2D eigenvalue weighted by Crippen LogP contribution is 2.35. The minimum absolute atomic E-state index is 0.201. The zero-order valence-corrected chi connectivity index (χ0v) is 21.4. The summed E-state index contributed by atoms with van der Waals surface area (Å²) in [6.45, 7) is 6.11. The number of nitrogens with zero attached hydrogens (tertiary/aromatic N) is 3. The van der Waals surface area contributed by atoms with E-state index in [9.17, 15) is 8.42 Å². The molecule has 2 aromatic carbocycles. The van der Waals surface area contributed by atoms with Gasteiger partial charge in [0.25, 0.3) is 0 Å². The Labute approximate surface area is 211 Å². The van der Waals surface area contributed by atoms with Gasteiger partial charge in [-0.2, -0.15) is 0 Å². The van der Waals surface area contributed by atoms with E-state index in [1.807, 2.05) is 12.1 Å². The maximum Gasteiger partial charge on any atom is 0.175 e. The second-order valence-electron chi connectivity index (χ2n) is 10.5. The van der Waals surface area contributed by atoms with Gasteiger partial charge in [0, 0.05) is 31.0 Å². The summed E-state index contributed by atoms with van der Waals surface area (Å²) < 4.78 is 44.4. The average Bonchev–Trinajstić information content (AvgIpc) is 3.29. The van der Waals surface area contributed by atoms with E-state index in [4.69, 9.17) is 4.74 Å². The van der Waals surface area contributed by atoms with Crippen molar-refractivity contribution in [3.63, 3.8) is 0 Å². The van der Waals surface area contributed by atoms with E-state index in [0.29, 0.717) is 28.9 Å². The number of fused-ring (bicyclic) bond motifs is 1. The van der Waals surface area contributed by atoms with Gasteiger partial charge in [0.15, 0.2) is 15.7 Å². The lowest BCUT2D eigenvalue weighted by molar-refractivity contribution is -0.0768. The number of halogens is 1. The molecule has 0 amide bonds. The Hall–Kier alpha value is -2.33. The first-order valence-corrected chi connectivity index (χ1v) is 14.8. The van der Waals surface area contributed by atoms with Crippen LogP contribution in [0.4, 0.5) is 4.39 Å². The van der Waals surface area contributed by atoms with Gasteiger partial charge in [-0.1, -0.05) is 6.07 Å². The van der Waals surface area contributed by atoms with Crippen molar-refractivity contribution in [3.8, 4) is 11.4 Å². The summed E-state index contributed by atoms with van der Waals surface area (Å²) in [5.41, 5.74) is 2.49. The van der Waals surface area contributed by atoms with E-state index in [1.165, 1.54) is 19.1 Å². The van der Waals surface area contributed by atoms with Crippen LogP contribution in [-0.4, -0.2) is 85.9 Å². The average molecular weight is 513 g/mol. The molecule has 0 spiro atoms. The van der Waals surface area contributed by atoms with Crippen LogP contribution in [-0.2, 0) is 14.6 Å². The van der Waals surface area contributed by atoms with Crippen LogP contribution >= 0.6 is 0 Å². The van der Waals surface area contributed by atoms with Gasteiger partial charge in [-0.25, -0.2) is 17.8 Å². The van der Waals surface area contributed by atoms with Gasteiger partial charge in [0.1, 0.15) is 11.3 Å². The lowest BCUT2D eigenvalue weighted by atomic mass is 9.87. The van der Waals surface area contributed by atoms with Crippen LogP contribution in [0.25, 0.3) is 22.4 Å². The monoisotopic (exact) mass is 512 g/mol. The topological polar surface area (TPSA) is 78.5 Å². The number of aromatic amines is 1. The van der Waals surface area contributed by atoms with Crippen molar-refractivity contribution in [1.82, 2.24) is 19.8 Å². The highest BCUT2D eigenvalue weighted by atomic mass is 32.2. The summed E-state index contributed by atoms with van der Waals surface area (Å²) in [7, 11) is -3.27. The first-order chi connectivity index (χ1) is 17.4. The molecule has 3 aliphatic rings. The number of nitrogens with one attached hydrogen (secondary N) is 1. The maximum atomic E-state index is 15.6. The standard InChI is InChI=1S/C27H33FN4O3S/c1-36(33,34)22-4-2-19(3-5-22)27-29-24-7-6-23(25(28)26(24)30-27)18-8-12-31(13-9-18)20-10-14-32(15-11-20)21-16-35-17-21/h2-7,18,20-21H,8-17H2,1H3,(H,29,30). The molecule has 9 heteroatoms. The normalized spacial score (nSPS) is 21.7. The van der Waals surface area contributed by atoms with Crippen LogP contribution in [0.2, 0.25) is 0 Å². The molecule has 3 aromatic rings. The number of benzene rings is 2. The van der Waals surface area contributed by atoms with Crippen molar-refractivity contribution in [2.24, 2.45) is 0 Å². The molecular formula is C27H33FN4O3S. The summed E-state index contributed by atoms with van der Waals surface area (Å²) >= 11 is 0. The molecule has 0 aliphatic carbocycles. The highest BCUT2D eigenvalue weighted by Gasteiger charge is 2.33. The van der Waals surface area contributed by atoms with Gasteiger partial charge in [-0.05, 0) is 80.6 Å². The molecule has 192 valence electrons. The molecule has 6 rings (SSSR count). The van der Waals surface area contributed by atoms with Crippen LogP contribution < -0.4 is 0 Å². The Morgan fingerprint density at radius 2 is 1.56 bits per heavy atom. The number of likely N-dealkylation sites (tertiary alicyclic amines) is 2. The van der Waals surface area contributed by atoms with Gasteiger partial charge < -0.3 is 14.6 Å². The SMILES string of the molecule is CS(=O)(=O)c1ccc(-c2nc3c(F)c(C4CCN(C5CCN(C6COC6)CC5)CC4)ccc3[nH]2)cc1. The minimum atomic E-state index is -3.27. The number of rotatable bonds is 5. The summed E-state index contributed by atoms with van der Waals surface area (Å²) in [5, 5.41) is 0. The molecule has 7 nitrogen and oxygen atoms in total. The molecule has 3 aliphatic heterocycles. The summed E-state index contributed by atoms with van der Waals surface area (Å²) in [5.74, 6) is 0.500. The lowest BCUT2D eigenvalue weighted by Gasteiger charge is -2.45. The number of ether oxygens (including phenoxy) is 1. The second-order valence-corrected chi connectivity index (χ2v) is 12.5. The number of aromatic nitrogens is 2. The van der Waals surface area contributed by atoms with Crippen molar-refractivity contribution in [3.05, 3.63) is 47.8 Å². The number of H-pyrrole nitrogens is 1. The molecule has 0 saturated carbocycles. The number of imidazole rings is 1. The molecule has 3 fully saturated rings. The summed E-state index contributed by atoms with van der Waals surface area (Å²) in [6, 6.07) is 11.6.